The van der Waals surface area contributed by atoms with Crippen LogP contribution in [0.15, 0.2) is 36.0 Å². The quantitative estimate of drug-likeness (QED) is 0.408. The van der Waals surface area contributed by atoms with Crippen LogP contribution in [0.3, 0.4) is 0 Å². The first-order valence-corrected chi connectivity index (χ1v) is 11.8. The molecule has 1 aromatic heterocycles. The van der Waals surface area contributed by atoms with Crippen molar-refractivity contribution in [3.05, 3.63) is 47.5 Å². The summed E-state index contributed by atoms with van der Waals surface area (Å²) in [7, 11) is 0. The van der Waals surface area contributed by atoms with E-state index in [0.717, 1.165) is 40.8 Å². The number of carbonyl (C=O) groups excluding carboxylic acids is 2. The van der Waals surface area contributed by atoms with Crippen molar-refractivity contribution in [2.24, 2.45) is 5.92 Å². The Hall–Kier alpha value is -2.15. The molecule has 0 aromatic carbocycles. The summed E-state index contributed by atoms with van der Waals surface area (Å²) in [6.45, 7) is 15.9. The molecule has 0 aliphatic heterocycles. The van der Waals surface area contributed by atoms with E-state index < -0.39 is 0 Å². The van der Waals surface area contributed by atoms with Gasteiger partial charge in [0.25, 0.3) is 0 Å². The Morgan fingerprint density at radius 3 is 2.48 bits per heavy atom. The van der Waals surface area contributed by atoms with Crippen LogP contribution in [0.4, 0.5) is 0 Å². The minimum absolute atomic E-state index is 0.00237. The van der Waals surface area contributed by atoms with Gasteiger partial charge >= 0.3 is 0 Å². The molecule has 2 atom stereocenters. The number of aromatic nitrogens is 2. The van der Waals surface area contributed by atoms with Crippen molar-refractivity contribution < 1.29 is 9.59 Å². The van der Waals surface area contributed by atoms with E-state index in [1.165, 1.54) is 0 Å². The Bertz CT molecular complexity index is 838. The highest BCUT2D eigenvalue weighted by Gasteiger charge is 2.34. The number of rotatable bonds is 12. The molecule has 1 heterocycles. The Kier molecular flexibility index (Phi) is 9.29. The zero-order chi connectivity index (χ0) is 23.1. The highest BCUT2D eigenvalue weighted by atomic mass is 79.9. The SMILES string of the molecule is C=C(Br)/C=C\C(=C)c1cnc(C(CC)C(CC)C(=O)N(CC(=O)NC2CC2)C(C)C)[nH]1. The Morgan fingerprint density at radius 2 is 1.97 bits per heavy atom. The third-order valence-corrected chi connectivity index (χ3v) is 5.87. The lowest BCUT2D eigenvalue weighted by atomic mass is 9.85. The average Bonchev–Trinajstić information content (AvgIpc) is 3.39. The summed E-state index contributed by atoms with van der Waals surface area (Å²) in [5, 5.41) is 2.98. The second-order valence-corrected chi connectivity index (χ2v) is 9.44. The fourth-order valence-electron chi connectivity index (χ4n) is 3.65. The van der Waals surface area contributed by atoms with E-state index in [-0.39, 0.29) is 42.3 Å². The first-order chi connectivity index (χ1) is 14.7. The zero-order valence-corrected chi connectivity index (χ0v) is 20.7. The van der Waals surface area contributed by atoms with Crippen molar-refractivity contribution in [3.63, 3.8) is 0 Å². The molecule has 6 nitrogen and oxygen atoms in total. The van der Waals surface area contributed by atoms with Crippen molar-refractivity contribution in [1.29, 1.82) is 0 Å². The molecular formula is C24H35BrN4O2. The molecule has 2 rings (SSSR count). The van der Waals surface area contributed by atoms with Gasteiger partial charge in [-0.05, 0) is 51.2 Å². The number of allylic oxidation sites excluding steroid dienone is 4. The molecular weight excluding hydrogens is 456 g/mol. The molecule has 0 bridgehead atoms. The Balaban J connectivity index is 2.18. The number of H-pyrrole nitrogens is 1. The molecule has 2 amide bonds. The molecule has 1 fully saturated rings. The zero-order valence-electron chi connectivity index (χ0n) is 19.1. The maximum atomic E-state index is 13.5. The summed E-state index contributed by atoms with van der Waals surface area (Å²) < 4.78 is 0.760. The summed E-state index contributed by atoms with van der Waals surface area (Å²) in [4.78, 5) is 35.5. The van der Waals surface area contributed by atoms with Crippen molar-refractivity contribution in [3.8, 4) is 0 Å². The summed E-state index contributed by atoms with van der Waals surface area (Å²) in [6, 6.07) is 0.228. The van der Waals surface area contributed by atoms with Crippen LogP contribution in [0.1, 0.15) is 70.8 Å². The van der Waals surface area contributed by atoms with Gasteiger partial charge in [-0.15, -0.1) is 0 Å². The number of nitrogens with one attached hydrogen (secondary N) is 2. The van der Waals surface area contributed by atoms with Crippen LogP contribution in [0.5, 0.6) is 0 Å². The second-order valence-electron chi connectivity index (χ2n) is 8.42. The molecule has 0 radical (unpaired) electrons. The topological polar surface area (TPSA) is 78.1 Å². The first kappa shape index (κ1) is 25.1. The molecule has 1 aliphatic rings. The fourth-order valence-corrected chi connectivity index (χ4v) is 3.78. The van der Waals surface area contributed by atoms with Gasteiger partial charge in [0, 0.05) is 28.4 Å². The minimum Gasteiger partial charge on any atom is -0.352 e. The van der Waals surface area contributed by atoms with E-state index in [9.17, 15) is 9.59 Å². The van der Waals surface area contributed by atoms with Gasteiger partial charge in [-0.2, -0.15) is 0 Å². The van der Waals surface area contributed by atoms with E-state index in [1.807, 2.05) is 32.9 Å². The highest BCUT2D eigenvalue weighted by Crippen LogP contribution is 2.31. The van der Waals surface area contributed by atoms with Crippen LogP contribution in [-0.4, -0.2) is 45.3 Å². The molecule has 2 unspecified atom stereocenters. The fraction of sp³-hybridized carbons (Fsp3) is 0.542. The van der Waals surface area contributed by atoms with Crippen LogP contribution in [-0.2, 0) is 9.59 Å². The van der Waals surface area contributed by atoms with Crippen molar-refractivity contribution in [2.75, 3.05) is 6.54 Å². The maximum Gasteiger partial charge on any atom is 0.239 e. The van der Waals surface area contributed by atoms with Gasteiger partial charge in [-0.1, -0.05) is 49.0 Å². The normalized spacial score (nSPS) is 15.7. The number of hydrogen-bond acceptors (Lipinski definition) is 3. The lowest BCUT2D eigenvalue weighted by molar-refractivity contribution is -0.142. The van der Waals surface area contributed by atoms with Gasteiger partial charge in [0.2, 0.25) is 11.8 Å². The summed E-state index contributed by atoms with van der Waals surface area (Å²) in [5.41, 5.74) is 1.60. The highest BCUT2D eigenvalue weighted by molar-refractivity contribution is 9.11. The molecule has 1 aliphatic carbocycles. The van der Waals surface area contributed by atoms with Crippen LogP contribution in [0.25, 0.3) is 5.57 Å². The maximum absolute atomic E-state index is 13.5. The van der Waals surface area contributed by atoms with Crippen LogP contribution in [0.2, 0.25) is 0 Å². The van der Waals surface area contributed by atoms with Gasteiger partial charge in [-0.3, -0.25) is 9.59 Å². The Morgan fingerprint density at radius 1 is 1.29 bits per heavy atom. The lowest BCUT2D eigenvalue weighted by Crippen LogP contribution is -2.48. The number of carbonyl (C=O) groups is 2. The lowest BCUT2D eigenvalue weighted by Gasteiger charge is -2.32. The summed E-state index contributed by atoms with van der Waals surface area (Å²) >= 11 is 3.30. The standard InChI is InChI=1S/C24H35BrN4O2/c1-7-19(23-26-13-21(28-23)16(5)9-10-17(6)25)20(8-2)24(31)29(15(3)4)14-22(30)27-18-11-12-18/h9-10,13,15,18-20H,5-8,11-12,14H2,1-4H3,(H,26,28)(H,27,30)/b10-9-. The van der Waals surface area contributed by atoms with Gasteiger partial charge in [0.15, 0.2) is 0 Å². The smallest absolute Gasteiger partial charge is 0.239 e. The van der Waals surface area contributed by atoms with Gasteiger partial charge in [-0.25, -0.2) is 4.98 Å². The molecule has 1 aromatic rings. The second kappa shape index (κ2) is 11.5. The monoisotopic (exact) mass is 490 g/mol. The third-order valence-electron chi connectivity index (χ3n) is 5.60. The molecule has 7 heteroatoms. The Labute approximate surface area is 194 Å². The number of hydrogen-bond donors (Lipinski definition) is 2. The third kappa shape index (κ3) is 7.20. The van der Waals surface area contributed by atoms with Gasteiger partial charge in [0.1, 0.15) is 5.82 Å². The summed E-state index contributed by atoms with van der Waals surface area (Å²) in [6.07, 6.45) is 8.93. The number of nitrogens with zero attached hydrogens (tertiary/aromatic N) is 2. The van der Waals surface area contributed by atoms with Crippen molar-refractivity contribution >= 4 is 33.3 Å². The van der Waals surface area contributed by atoms with Crippen LogP contribution in [0, 0.1) is 5.92 Å². The molecule has 0 saturated heterocycles. The number of amides is 2. The predicted octanol–water partition coefficient (Wildman–Crippen LogP) is 4.92. The van der Waals surface area contributed by atoms with Crippen LogP contribution >= 0.6 is 15.9 Å². The molecule has 170 valence electrons. The van der Waals surface area contributed by atoms with Gasteiger partial charge in [0.05, 0.1) is 18.4 Å². The number of imidazole rings is 1. The first-order valence-electron chi connectivity index (χ1n) is 11.0. The largest absolute Gasteiger partial charge is 0.352 e. The van der Waals surface area contributed by atoms with Crippen molar-refractivity contribution in [2.45, 2.75) is 71.4 Å². The van der Waals surface area contributed by atoms with E-state index in [0.29, 0.717) is 6.42 Å². The predicted molar refractivity (Wildman–Crippen MR) is 130 cm³/mol. The van der Waals surface area contributed by atoms with Crippen molar-refractivity contribution in [1.82, 2.24) is 20.2 Å². The van der Waals surface area contributed by atoms with Gasteiger partial charge < -0.3 is 15.2 Å². The van der Waals surface area contributed by atoms with E-state index in [4.69, 9.17) is 0 Å². The van der Waals surface area contributed by atoms with E-state index >= 15 is 0 Å². The molecule has 1 saturated carbocycles. The molecule has 31 heavy (non-hydrogen) atoms. The van der Waals surface area contributed by atoms with Crippen LogP contribution < -0.4 is 5.32 Å². The number of aromatic amines is 1. The van der Waals surface area contributed by atoms with E-state index in [2.05, 4.69) is 51.3 Å². The summed E-state index contributed by atoms with van der Waals surface area (Å²) in [5.74, 6) is 0.371. The van der Waals surface area contributed by atoms with E-state index in [1.54, 1.807) is 11.1 Å². The minimum atomic E-state index is -0.258. The molecule has 0 spiro atoms. The molecule has 2 N–H and O–H groups in total. The number of halogens is 1. The average molecular weight is 491 g/mol.